The summed E-state index contributed by atoms with van der Waals surface area (Å²) in [6, 6.07) is 9.02. The molecule has 1 aromatic rings. The zero-order valence-electron chi connectivity index (χ0n) is 10.7. The fourth-order valence-electron chi connectivity index (χ4n) is 2.03. The van der Waals surface area contributed by atoms with Crippen LogP contribution in [0, 0.1) is 0 Å². The Bertz CT molecular complexity index is 494. The molecule has 2 rings (SSSR count). The molecule has 0 atom stereocenters. The van der Waals surface area contributed by atoms with Gasteiger partial charge >= 0.3 is 0 Å². The van der Waals surface area contributed by atoms with E-state index in [4.69, 9.17) is 11.6 Å². The molecule has 0 unspecified atom stereocenters. The lowest BCUT2D eigenvalue weighted by Gasteiger charge is -2.02. The molecule has 0 radical (unpaired) electrons. The number of rotatable bonds is 3. The lowest BCUT2D eigenvalue weighted by Crippen LogP contribution is -2.17. The molecule has 1 aromatic carbocycles. The first kappa shape index (κ1) is 13.8. The fourth-order valence-corrected chi connectivity index (χ4v) is 2.30. The Morgan fingerprint density at radius 3 is 2.68 bits per heavy atom. The van der Waals surface area contributed by atoms with Crippen molar-refractivity contribution in [3.8, 4) is 0 Å². The second kappa shape index (κ2) is 7.10. The van der Waals surface area contributed by atoms with Crippen LogP contribution in [-0.4, -0.2) is 12.1 Å². The van der Waals surface area contributed by atoms with Crippen LogP contribution in [0.15, 0.2) is 46.0 Å². The predicted molar refractivity (Wildman–Crippen MR) is 78.4 cm³/mol. The smallest absolute Gasteiger partial charge is 0.267 e. The van der Waals surface area contributed by atoms with Crippen LogP contribution in [0.2, 0.25) is 0 Å². The Morgan fingerprint density at radius 1 is 1.16 bits per heavy atom. The third kappa shape index (κ3) is 4.21. The van der Waals surface area contributed by atoms with E-state index in [1.165, 1.54) is 6.42 Å². The van der Waals surface area contributed by atoms with Crippen molar-refractivity contribution in [3.63, 3.8) is 0 Å². The van der Waals surface area contributed by atoms with E-state index in [2.05, 4.69) is 10.5 Å². The quantitative estimate of drug-likeness (QED) is 0.661. The van der Waals surface area contributed by atoms with Gasteiger partial charge in [0.25, 0.3) is 5.91 Å². The van der Waals surface area contributed by atoms with Crippen molar-refractivity contribution in [3.05, 3.63) is 46.5 Å². The number of halogens is 1. The van der Waals surface area contributed by atoms with Crippen LogP contribution in [0.4, 0.5) is 0 Å². The van der Waals surface area contributed by atoms with Crippen molar-refractivity contribution < 1.29 is 4.79 Å². The summed E-state index contributed by atoms with van der Waals surface area (Å²) in [6.45, 7) is 0. The molecule has 1 N–H and O–H groups in total. The molecule has 0 aliphatic heterocycles. The van der Waals surface area contributed by atoms with E-state index < -0.39 is 0 Å². The number of hydrazone groups is 1. The highest BCUT2D eigenvalue weighted by Gasteiger charge is 2.08. The van der Waals surface area contributed by atoms with Gasteiger partial charge in [-0.1, -0.05) is 36.2 Å². The van der Waals surface area contributed by atoms with Crippen molar-refractivity contribution >= 4 is 23.7 Å². The molecule has 0 saturated heterocycles. The second-order valence-corrected chi connectivity index (χ2v) is 5.01. The molecule has 100 valence electrons. The molecule has 0 spiro atoms. The van der Waals surface area contributed by atoms with Gasteiger partial charge in [0.05, 0.1) is 6.21 Å². The first-order chi connectivity index (χ1) is 9.27. The number of hydrogen-bond acceptors (Lipinski definition) is 2. The van der Waals surface area contributed by atoms with Crippen LogP contribution < -0.4 is 5.43 Å². The lowest BCUT2D eigenvalue weighted by molar-refractivity contribution is 0.0955. The lowest BCUT2D eigenvalue weighted by atomic mass is 10.1. The Hall–Kier alpha value is -1.61. The molecule has 19 heavy (non-hydrogen) atoms. The van der Waals surface area contributed by atoms with Crippen molar-refractivity contribution in [2.75, 3.05) is 0 Å². The average Bonchev–Trinajstić information content (AvgIpc) is 2.65. The van der Waals surface area contributed by atoms with Crippen molar-refractivity contribution in [1.29, 1.82) is 0 Å². The molecule has 1 aliphatic rings. The summed E-state index contributed by atoms with van der Waals surface area (Å²) in [7, 11) is 0. The SMILES string of the molecule is O=C(NN=CC1=C(Cl)CCCCC1)c1ccccc1. The van der Waals surface area contributed by atoms with Gasteiger partial charge in [0.2, 0.25) is 0 Å². The summed E-state index contributed by atoms with van der Waals surface area (Å²) in [6.07, 6.45) is 6.98. The highest BCUT2D eigenvalue weighted by molar-refractivity contribution is 6.31. The molecular weight excluding hydrogens is 260 g/mol. The first-order valence-corrected chi connectivity index (χ1v) is 6.91. The van der Waals surface area contributed by atoms with Crippen LogP contribution in [0.3, 0.4) is 0 Å². The number of nitrogens with one attached hydrogen (secondary N) is 1. The van der Waals surface area contributed by atoms with Crippen LogP contribution in [0.1, 0.15) is 42.5 Å². The molecule has 1 aliphatic carbocycles. The topological polar surface area (TPSA) is 41.5 Å². The van der Waals surface area contributed by atoms with Gasteiger partial charge in [-0.15, -0.1) is 0 Å². The number of benzene rings is 1. The van der Waals surface area contributed by atoms with E-state index in [-0.39, 0.29) is 5.91 Å². The average molecular weight is 277 g/mol. The van der Waals surface area contributed by atoms with E-state index in [9.17, 15) is 4.79 Å². The molecule has 0 saturated carbocycles. The van der Waals surface area contributed by atoms with Crippen molar-refractivity contribution in [2.45, 2.75) is 32.1 Å². The Morgan fingerprint density at radius 2 is 1.89 bits per heavy atom. The molecular formula is C15H17ClN2O. The number of carbonyl (C=O) groups excluding carboxylic acids is 1. The number of amides is 1. The predicted octanol–water partition coefficient (Wildman–Crippen LogP) is 3.86. The summed E-state index contributed by atoms with van der Waals surface area (Å²) in [5, 5.41) is 4.87. The van der Waals surface area contributed by atoms with Gasteiger partial charge in [0.1, 0.15) is 0 Å². The zero-order valence-corrected chi connectivity index (χ0v) is 11.5. The van der Waals surface area contributed by atoms with Crippen LogP contribution in [-0.2, 0) is 0 Å². The summed E-state index contributed by atoms with van der Waals surface area (Å²) in [5.74, 6) is -0.206. The molecule has 0 aromatic heterocycles. The van der Waals surface area contributed by atoms with E-state index in [1.807, 2.05) is 18.2 Å². The molecule has 0 fully saturated rings. The van der Waals surface area contributed by atoms with E-state index in [0.717, 1.165) is 36.3 Å². The van der Waals surface area contributed by atoms with Gasteiger partial charge in [-0.25, -0.2) is 5.43 Å². The van der Waals surface area contributed by atoms with Crippen LogP contribution >= 0.6 is 11.6 Å². The van der Waals surface area contributed by atoms with Crippen molar-refractivity contribution in [1.82, 2.24) is 5.43 Å². The Labute approximate surface area is 118 Å². The minimum Gasteiger partial charge on any atom is -0.267 e. The molecule has 1 amide bonds. The molecule has 0 bridgehead atoms. The number of carbonyl (C=O) groups is 1. The maximum absolute atomic E-state index is 11.8. The summed E-state index contributed by atoms with van der Waals surface area (Å²) in [5.41, 5.74) is 4.16. The zero-order chi connectivity index (χ0) is 13.5. The highest BCUT2D eigenvalue weighted by Crippen LogP contribution is 2.25. The van der Waals surface area contributed by atoms with Gasteiger partial charge in [-0.3, -0.25) is 4.79 Å². The normalized spacial score (nSPS) is 16.5. The Kier molecular flexibility index (Phi) is 5.16. The van der Waals surface area contributed by atoms with E-state index in [0.29, 0.717) is 5.56 Å². The maximum atomic E-state index is 11.8. The van der Waals surface area contributed by atoms with Crippen LogP contribution in [0.25, 0.3) is 0 Å². The monoisotopic (exact) mass is 276 g/mol. The minimum atomic E-state index is -0.206. The minimum absolute atomic E-state index is 0.206. The van der Waals surface area contributed by atoms with Crippen LogP contribution in [0.5, 0.6) is 0 Å². The van der Waals surface area contributed by atoms with Gasteiger partial charge < -0.3 is 0 Å². The summed E-state index contributed by atoms with van der Waals surface area (Å²) in [4.78, 5) is 11.8. The number of nitrogens with zero attached hydrogens (tertiary/aromatic N) is 1. The number of hydrogen-bond donors (Lipinski definition) is 1. The third-order valence-corrected chi connectivity index (χ3v) is 3.54. The van der Waals surface area contributed by atoms with Crippen molar-refractivity contribution in [2.24, 2.45) is 5.10 Å². The van der Waals surface area contributed by atoms with Gasteiger partial charge in [0, 0.05) is 10.6 Å². The molecule has 0 heterocycles. The third-order valence-electron chi connectivity index (χ3n) is 3.11. The van der Waals surface area contributed by atoms with Gasteiger partial charge in [-0.05, 0) is 43.4 Å². The highest BCUT2D eigenvalue weighted by atomic mass is 35.5. The standard InChI is InChI=1S/C15H17ClN2O/c16-14-10-6-2-5-9-13(14)11-17-18-15(19)12-7-3-1-4-8-12/h1,3-4,7-8,11H,2,5-6,9-10H2,(H,18,19). The summed E-state index contributed by atoms with van der Waals surface area (Å²) < 4.78 is 0. The van der Waals surface area contributed by atoms with E-state index >= 15 is 0 Å². The number of allylic oxidation sites excluding steroid dienone is 2. The van der Waals surface area contributed by atoms with Gasteiger partial charge in [0.15, 0.2) is 0 Å². The maximum Gasteiger partial charge on any atom is 0.271 e. The second-order valence-electron chi connectivity index (χ2n) is 4.56. The fraction of sp³-hybridized carbons (Fsp3) is 0.333. The summed E-state index contributed by atoms with van der Waals surface area (Å²) >= 11 is 6.20. The molecule has 4 heteroatoms. The Balaban J connectivity index is 1.94. The van der Waals surface area contributed by atoms with E-state index in [1.54, 1.807) is 18.3 Å². The van der Waals surface area contributed by atoms with Gasteiger partial charge in [-0.2, -0.15) is 5.10 Å². The first-order valence-electron chi connectivity index (χ1n) is 6.53. The molecule has 3 nitrogen and oxygen atoms in total. The largest absolute Gasteiger partial charge is 0.271 e.